The summed E-state index contributed by atoms with van der Waals surface area (Å²) in [6, 6.07) is 9.17. The molecule has 0 radical (unpaired) electrons. The lowest BCUT2D eigenvalue weighted by Crippen LogP contribution is -2.17. The third kappa shape index (κ3) is 4.85. The summed E-state index contributed by atoms with van der Waals surface area (Å²) in [7, 11) is 0. The number of carbonyl (C=O) groups is 1. The minimum Gasteiger partial charge on any atom is -0.289 e. The van der Waals surface area contributed by atoms with Crippen LogP contribution in [-0.4, -0.2) is 11.1 Å². The van der Waals surface area contributed by atoms with Crippen LogP contribution in [0.15, 0.2) is 24.3 Å². The Morgan fingerprint density at radius 2 is 1.90 bits per heavy atom. The number of hydrogen-bond acceptors (Lipinski definition) is 2. The van der Waals surface area contributed by atoms with Gasteiger partial charge < -0.3 is 0 Å². The van der Waals surface area contributed by atoms with Gasteiger partial charge in [0.15, 0.2) is 0 Å². The first-order valence-electron chi connectivity index (χ1n) is 8.23. The zero-order valence-corrected chi connectivity index (χ0v) is 13.0. The van der Waals surface area contributed by atoms with Gasteiger partial charge in [-0.3, -0.25) is 10.0 Å². The SMILES string of the molecule is CC(CCCCC(=O)NO)c1ccc(C2CCCC2)cc1. The van der Waals surface area contributed by atoms with E-state index in [0.717, 1.165) is 25.2 Å². The van der Waals surface area contributed by atoms with Crippen LogP contribution in [0, 0.1) is 0 Å². The molecule has 3 heteroatoms. The van der Waals surface area contributed by atoms with Gasteiger partial charge in [0.05, 0.1) is 0 Å². The monoisotopic (exact) mass is 289 g/mol. The first-order valence-corrected chi connectivity index (χ1v) is 8.23. The Morgan fingerprint density at radius 1 is 1.24 bits per heavy atom. The van der Waals surface area contributed by atoms with Gasteiger partial charge in [0.25, 0.3) is 0 Å². The maximum Gasteiger partial charge on any atom is 0.243 e. The van der Waals surface area contributed by atoms with Crippen molar-refractivity contribution in [3.05, 3.63) is 35.4 Å². The quantitative estimate of drug-likeness (QED) is 0.440. The molecule has 0 spiro atoms. The molecule has 116 valence electrons. The first kappa shape index (κ1) is 16.0. The molecule has 0 aromatic heterocycles. The third-order valence-electron chi connectivity index (χ3n) is 4.75. The Morgan fingerprint density at radius 3 is 2.52 bits per heavy atom. The predicted molar refractivity (Wildman–Crippen MR) is 84.5 cm³/mol. The standard InChI is InChI=1S/C18H27NO2/c1-14(6-2-5-9-18(20)19-21)15-10-12-17(13-11-15)16-7-3-4-8-16/h10-14,16,21H,2-9H2,1H3,(H,19,20). The van der Waals surface area contributed by atoms with Crippen molar-refractivity contribution in [3.63, 3.8) is 0 Å². The summed E-state index contributed by atoms with van der Waals surface area (Å²) in [5, 5.41) is 8.44. The minimum absolute atomic E-state index is 0.288. The molecule has 21 heavy (non-hydrogen) atoms. The van der Waals surface area contributed by atoms with E-state index < -0.39 is 0 Å². The van der Waals surface area contributed by atoms with Gasteiger partial charge in [0.1, 0.15) is 0 Å². The minimum atomic E-state index is -0.288. The first-order chi connectivity index (χ1) is 10.2. The molecule has 1 aliphatic rings. The normalized spacial score (nSPS) is 16.9. The molecule has 1 aromatic carbocycles. The van der Waals surface area contributed by atoms with E-state index in [1.54, 1.807) is 5.48 Å². The molecule has 1 atom stereocenters. The van der Waals surface area contributed by atoms with Crippen molar-refractivity contribution in [1.82, 2.24) is 5.48 Å². The number of nitrogens with one attached hydrogen (secondary N) is 1. The molecule has 0 heterocycles. The van der Waals surface area contributed by atoms with Crippen LogP contribution in [0.25, 0.3) is 0 Å². The highest BCUT2D eigenvalue weighted by Gasteiger charge is 2.17. The average Bonchev–Trinajstić information content (AvgIpc) is 3.05. The number of carbonyl (C=O) groups excluding carboxylic acids is 1. The molecule has 2 rings (SSSR count). The highest BCUT2D eigenvalue weighted by Crippen LogP contribution is 2.34. The van der Waals surface area contributed by atoms with E-state index in [9.17, 15) is 4.79 Å². The van der Waals surface area contributed by atoms with E-state index in [1.165, 1.54) is 36.8 Å². The summed E-state index contributed by atoms with van der Waals surface area (Å²) in [5.74, 6) is 1.02. The molecule has 1 aliphatic carbocycles. The lowest BCUT2D eigenvalue weighted by molar-refractivity contribution is -0.129. The summed E-state index contributed by atoms with van der Waals surface area (Å²) in [6.07, 6.45) is 8.79. The summed E-state index contributed by atoms with van der Waals surface area (Å²) < 4.78 is 0. The molecule has 1 saturated carbocycles. The zero-order chi connectivity index (χ0) is 15.1. The Kier molecular flexibility index (Phi) is 6.24. The highest BCUT2D eigenvalue weighted by molar-refractivity contribution is 5.74. The van der Waals surface area contributed by atoms with E-state index in [0.29, 0.717) is 12.3 Å². The maximum atomic E-state index is 10.9. The van der Waals surface area contributed by atoms with Crippen LogP contribution in [0.1, 0.15) is 81.3 Å². The zero-order valence-electron chi connectivity index (χ0n) is 13.0. The molecule has 3 nitrogen and oxygen atoms in total. The number of amides is 1. The second kappa shape index (κ2) is 8.18. The number of hydroxylamine groups is 1. The van der Waals surface area contributed by atoms with Gasteiger partial charge in [0.2, 0.25) is 5.91 Å². The van der Waals surface area contributed by atoms with Gasteiger partial charge in [-0.15, -0.1) is 0 Å². The second-order valence-corrected chi connectivity index (χ2v) is 6.33. The van der Waals surface area contributed by atoms with Crippen LogP contribution >= 0.6 is 0 Å². The van der Waals surface area contributed by atoms with Gasteiger partial charge >= 0.3 is 0 Å². The molecule has 0 aliphatic heterocycles. The van der Waals surface area contributed by atoms with Crippen molar-refractivity contribution in [2.75, 3.05) is 0 Å². The Balaban J connectivity index is 1.76. The molecule has 0 bridgehead atoms. The van der Waals surface area contributed by atoms with Crippen molar-refractivity contribution >= 4 is 5.91 Å². The molecule has 2 N–H and O–H groups in total. The second-order valence-electron chi connectivity index (χ2n) is 6.33. The lowest BCUT2D eigenvalue weighted by atomic mass is 9.91. The van der Waals surface area contributed by atoms with E-state index in [-0.39, 0.29) is 5.91 Å². The topological polar surface area (TPSA) is 49.3 Å². The summed E-state index contributed by atoms with van der Waals surface area (Å²) >= 11 is 0. The molecule has 1 fully saturated rings. The maximum absolute atomic E-state index is 10.9. The van der Waals surface area contributed by atoms with Crippen LogP contribution in [-0.2, 0) is 4.79 Å². The van der Waals surface area contributed by atoms with Crippen LogP contribution in [0.2, 0.25) is 0 Å². The smallest absolute Gasteiger partial charge is 0.243 e. The van der Waals surface area contributed by atoms with Gasteiger partial charge in [-0.05, 0) is 48.6 Å². The Labute approximate surface area is 127 Å². The molecule has 1 unspecified atom stereocenters. The van der Waals surface area contributed by atoms with Gasteiger partial charge in [0, 0.05) is 6.42 Å². The highest BCUT2D eigenvalue weighted by atomic mass is 16.5. The van der Waals surface area contributed by atoms with E-state index in [2.05, 4.69) is 31.2 Å². The van der Waals surface area contributed by atoms with Crippen molar-refractivity contribution in [2.24, 2.45) is 0 Å². The summed E-state index contributed by atoms with van der Waals surface area (Å²) in [4.78, 5) is 10.9. The van der Waals surface area contributed by atoms with E-state index in [1.807, 2.05) is 0 Å². The van der Waals surface area contributed by atoms with Crippen molar-refractivity contribution in [2.45, 2.75) is 70.1 Å². The number of hydrogen-bond donors (Lipinski definition) is 2. The van der Waals surface area contributed by atoms with Crippen LogP contribution in [0.5, 0.6) is 0 Å². The van der Waals surface area contributed by atoms with Crippen molar-refractivity contribution in [3.8, 4) is 0 Å². The molecular formula is C18H27NO2. The van der Waals surface area contributed by atoms with Gasteiger partial charge in [-0.2, -0.15) is 0 Å². The molecule has 1 aromatic rings. The molecular weight excluding hydrogens is 262 g/mol. The third-order valence-corrected chi connectivity index (χ3v) is 4.75. The fourth-order valence-corrected chi connectivity index (χ4v) is 3.31. The molecule has 0 saturated heterocycles. The van der Waals surface area contributed by atoms with Gasteiger partial charge in [-0.25, -0.2) is 5.48 Å². The van der Waals surface area contributed by atoms with E-state index >= 15 is 0 Å². The van der Waals surface area contributed by atoms with Gasteiger partial charge in [-0.1, -0.05) is 50.5 Å². The van der Waals surface area contributed by atoms with Crippen LogP contribution in [0.3, 0.4) is 0 Å². The number of unbranched alkanes of at least 4 members (excludes halogenated alkanes) is 1. The largest absolute Gasteiger partial charge is 0.289 e. The summed E-state index contributed by atoms with van der Waals surface area (Å²) in [5.41, 5.74) is 4.57. The predicted octanol–water partition coefficient (Wildman–Crippen LogP) is 4.51. The van der Waals surface area contributed by atoms with E-state index in [4.69, 9.17) is 5.21 Å². The van der Waals surface area contributed by atoms with Crippen LogP contribution in [0.4, 0.5) is 0 Å². The Hall–Kier alpha value is -1.35. The average molecular weight is 289 g/mol. The van der Waals surface area contributed by atoms with Crippen molar-refractivity contribution in [1.29, 1.82) is 0 Å². The fraction of sp³-hybridized carbons (Fsp3) is 0.611. The number of benzene rings is 1. The number of rotatable bonds is 7. The fourth-order valence-electron chi connectivity index (χ4n) is 3.31. The Bertz CT molecular complexity index is 435. The van der Waals surface area contributed by atoms with Crippen molar-refractivity contribution < 1.29 is 10.0 Å². The molecule has 1 amide bonds. The van der Waals surface area contributed by atoms with Crippen LogP contribution < -0.4 is 5.48 Å². The summed E-state index contributed by atoms with van der Waals surface area (Å²) in [6.45, 7) is 2.25. The lowest BCUT2D eigenvalue weighted by Gasteiger charge is -2.14.